The van der Waals surface area contributed by atoms with E-state index in [1.54, 1.807) is 0 Å². The molecule has 2 aliphatic rings. The molecule has 2 saturated heterocycles. The number of amides is 2. The van der Waals surface area contributed by atoms with E-state index in [9.17, 15) is 9.59 Å². The second kappa shape index (κ2) is 8.31. The number of piperazine rings is 1. The van der Waals surface area contributed by atoms with Crippen LogP contribution in [0.3, 0.4) is 0 Å². The maximum absolute atomic E-state index is 13.0. The molecular weight excluding hydrogens is 354 g/mol. The molecule has 2 aliphatic heterocycles. The number of imidazole rings is 1. The standard InChI is InChI=1S/C21H29N5O2/c1-2-23-11-13-25(14-12-23)21(28)16-26-18-8-4-3-7-17(18)22-19(26)15-20(27)24-9-5-6-10-24/h3-4,7-8H,2,5-6,9-16H2,1H3. The fourth-order valence-electron chi connectivity index (χ4n) is 4.20. The van der Waals surface area contributed by atoms with Crippen molar-refractivity contribution in [3.05, 3.63) is 30.1 Å². The van der Waals surface area contributed by atoms with Gasteiger partial charge in [0.05, 0.1) is 17.5 Å². The summed E-state index contributed by atoms with van der Waals surface area (Å²) in [6.45, 7) is 8.47. The van der Waals surface area contributed by atoms with Gasteiger partial charge in [0, 0.05) is 39.3 Å². The van der Waals surface area contributed by atoms with Crippen molar-refractivity contribution in [3.8, 4) is 0 Å². The van der Waals surface area contributed by atoms with Gasteiger partial charge in [-0.25, -0.2) is 4.98 Å². The SMILES string of the molecule is CCN1CCN(C(=O)Cn2c(CC(=O)N3CCCC3)nc3ccccc32)CC1. The minimum Gasteiger partial charge on any atom is -0.342 e. The minimum absolute atomic E-state index is 0.105. The lowest BCUT2D eigenvalue weighted by Gasteiger charge is -2.34. The molecule has 2 fully saturated rings. The number of nitrogens with zero attached hydrogens (tertiary/aromatic N) is 5. The molecule has 4 rings (SSSR count). The Kier molecular flexibility index (Phi) is 5.62. The Bertz CT molecular complexity index is 848. The van der Waals surface area contributed by atoms with Crippen molar-refractivity contribution >= 4 is 22.8 Å². The lowest BCUT2D eigenvalue weighted by molar-refractivity contribution is -0.134. The van der Waals surface area contributed by atoms with Gasteiger partial charge in [0.25, 0.3) is 0 Å². The van der Waals surface area contributed by atoms with Crippen molar-refractivity contribution < 1.29 is 9.59 Å². The summed E-state index contributed by atoms with van der Waals surface area (Å²) in [6, 6.07) is 7.82. The molecule has 7 heteroatoms. The van der Waals surface area contributed by atoms with Crippen LogP contribution in [0.15, 0.2) is 24.3 Å². The number of likely N-dealkylation sites (N-methyl/N-ethyl adjacent to an activating group) is 1. The van der Waals surface area contributed by atoms with E-state index in [1.165, 1.54) is 0 Å². The van der Waals surface area contributed by atoms with Crippen LogP contribution in [0.2, 0.25) is 0 Å². The number of para-hydroxylation sites is 2. The maximum atomic E-state index is 13.0. The number of carbonyl (C=O) groups is 2. The third kappa shape index (κ3) is 3.90. The van der Waals surface area contributed by atoms with Gasteiger partial charge in [0.1, 0.15) is 12.4 Å². The molecule has 0 aliphatic carbocycles. The quantitative estimate of drug-likeness (QED) is 0.782. The number of hydrogen-bond acceptors (Lipinski definition) is 4. The van der Waals surface area contributed by atoms with Crippen molar-refractivity contribution in [1.29, 1.82) is 0 Å². The smallest absolute Gasteiger partial charge is 0.242 e. The second-order valence-corrected chi connectivity index (χ2v) is 7.68. The molecule has 0 N–H and O–H groups in total. The van der Waals surface area contributed by atoms with Crippen molar-refractivity contribution in [2.75, 3.05) is 45.8 Å². The van der Waals surface area contributed by atoms with E-state index in [0.717, 1.165) is 69.7 Å². The van der Waals surface area contributed by atoms with E-state index >= 15 is 0 Å². The van der Waals surface area contributed by atoms with Gasteiger partial charge in [0.2, 0.25) is 11.8 Å². The van der Waals surface area contributed by atoms with Crippen LogP contribution >= 0.6 is 0 Å². The fourth-order valence-corrected chi connectivity index (χ4v) is 4.20. The number of rotatable bonds is 5. The van der Waals surface area contributed by atoms with E-state index in [-0.39, 0.29) is 24.8 Å². The summed E-state index contributed by atoms with van der Waals surface area (Å²) in [7, 11) is 0. The van der Waals surface area contributed by atoms with Gasteiger partial charge in [0.15, 0.2) is 0 Å². The predicted octanol–water partition coefficient (Wildman–Crippen LogP) is 1.37. The minimum atomic E-state index is 0.105. The molecule has 0 spiro atoms. The molecule has 0 radical (unpaired) electrons. The molecule has 28 heavy (non-hydrogen) atoms. The van der Waals surface area contributed by atoms with Gasteiger partial charge in [-0.3, -0.25) is 9.59 Å². The Hall–Kier alpha value is -2.41. The molecule has 150 valence electrons. The second-order valence-electron chi connectivity index (χ2n) is 7.68. The fraction of sp³-hybridized carbons (Fsp3) is 0.571. The monoisotopic (exact) mass is 383 g/mol. The molecule has 2 aromatic rings. The zero-order chi connectivity index (χ0) is 19.5. The van der Waals surface area contributed by atoms with Crippen LogP contribution < -0.4 is 0 Å². The molecular formula is C21H29N5O2. The van der Waals surface area contributed by atoms with Crippen molar-refractivity contribution in [2.45, 2.75) is 32.7 Å². The number of likely N-dealkylation sites (tertiary alicyclic amines) is 1. The highest BCUT2D eigenvalue weighted by Gasteiger charge is 2.24. The van der Waals surface area contributed by atoms with Crippen molar-refractivity contribution in [3.63, 3.8) is 0 Å². The Balaban J connectivity index is 1.53. The Labute approximate surface area is 165 Å². The van der Waals surface area contributed by atoms with Gasteiger partial charge < -0.3 is 19.3 Å². The highest BCUT2D eigenvalue weighted by atomic mass is 16.2. The van der Waals surface area contributed by atoms with Gasteiger partial charge in [-0.1, -0.05) is 19.1 Å². The zero-order valence-corrected chi connectivity index (χ0v) is 16.6. The Morgan fingerprint density at radius 1 is 0.929 bits per heavy atom. The van der Waals surface area contributed by atoms with E-state index in [0.29, 0.717) is 5.82 Å². The van der Waals surface area contributed by atoms with E-state index < -0.39 is 0 Å². The van der Waals surface area contributed by atoms with Crippen LogP contribution in [0.4, 0.5) is 0 Å². The van der Waals surface area contributed by atoms with Gasteiger partial charge in [-0.15, -0.1) is 0 Å². The zero-order valence-electron chi connectivity index (χ0n) is 16.6. The molecule has 3 heterocycles. The summed E-state index contributed by atoms with van der Waals surface area (Å²) in [5.74, 6) is 0.908. The summed E-state index contributed by atoms with van der Waals surface area (Å²) in [5.41, 5.74) is 1.77. The Morgan fingerprint density at radius 3 is 2.32 bits per heavy atom. The molecule has 0 saturated carbocycles. The number of benzene rings is 1. The van der Waals surface area contributed by atoms with Gasteiger partial charge in [-0.2, -0.15) is 0 Å². The van der Waals surface area contributed by atoms with Crippen LogP contribution in [0.5, 0.6) is 0 Å². The molecule has 2 amide bonds. The average Bonchev–Trinajstić information content (AvgIpc) is 3.37. The normalized spacial score (nSPS) is 18.2. The average molecular weight is 383 g/mol. The lowest BCUT2D eigenvalue weighted by Crippen LogP contribution is -2.49. The topological polar surface area (TPSA) is 61.7 Å². The number of aromatic nitrogens is 2. The van der Waals surface area contributed by atoms with Crippen molar-refractivity contribution in [2.24, 2.45) is 0 Å². The summed E-state index contributed by atoms with van der Waals surface area (Å²) in [5, 5.41) is 0. The number of hydrogen-bond donors (Lipinski definition) is 0. The van der Waals surface area contributed by atoms with Gasteiger partial charge >= 0.3 is 0 Å². The van der Waals surface area contributed by atoms with Crippen LogP contribution in [-0.2, 0) is 22.6 Å². The highest BCUT2D eigenvalue weighted by Crippen LogP contribution is 2.19. The third-order valence-corrected chi connectivity index (χ3v) is 5.97. The van der Waals surface area contributed by atoms with Gasteiger partial charge in [-0.05, 0) is 31.5 Å². The summed E-state index contributed by atoms with van der Waals surface area (Å²) in [6.07, 6.45) is 2.40. The number of carbonyl (C=O) groups excluding carboxylic acids is 2. The summed E-state index contributed by atoms with van der Waals surface area (Å²) >= 11 is 0. The largest absolute Gasteiger partial charge is 0.342 e. The van der Waals surface area contributed by atoms with Crippen LogP contribution in [0.1, 0.15) is 25.6 Å². The van der Waals surface area contributed by atoms with Crippen molar-refractivity contribution in [1.82, 2.24) is 24.3 Å². The maximum Gasteiger partial charge on any atom is 0.242 e. The molecule has 7 nitrogen and oxygen atoms in total. The molecule has 0 bridgehead atoms. The molecule has 0 unspecified atom stereocenters. The highest BCUT2D eigenvalue weighted by molar-refractivity contribution is 5.84. The molecule has 1 aromatic heterocycles. The first-order valence-corrected chi connectivity index (χ1v) is 10.4. The number of fused-ring (bicyclic) bond motifs is 1. The van der Waals surface area contributed by atoms with E-state index in [4.69, 9.17) is 0 Å². The Morgan fingerprint density at radius 2 is 1.61 bits per heavy atom. The third-order valence-electron chi connectivity index (χ3n) is 5.97. The first-order chi connectivity index (χ1) is 13.7. The first-order valence-electron chi connectivity index (χ1n) is 10.4. The first kappa shape index (κ1) is 18.9. The molecule has 0 atom stereocenters. The van der Waals surface area contributed by atoms with E-state index in [2.05, 4.69) is 16.8 Å². The summed E-state index contributed by atoms with van der Waals surface area (Å²) in [4.78, 5) is 36.5. The van der Waals surface area contributed by atoms with E-state index in [1.807, 2.05) is 38.6 Å². The van der Waals surface area contributed by atoms with Crippen LogP contribution in [0.25, 0.3) is 11.0 Å². The molecule has 1 aromatic carbocycles. The summed E-state index contributed by atoms with van der Waals surface area (Å²) < 4.78 is 1.94. The van der Waals surface area contributed by atoms with Crippen LogP contribution in [0, 0.1) is 0 Å². The lowest BCUT2D eigenvalue weighted by atomic mass is 10.3. The predicted molar refractivity (Wildman–Crippen MR) is 108 cm³/mol. The van der Waals surface area contributed by atoms with Crippen LogP contribution in [-0.4, -0.2) is 81.9 Å².